The lowest BCUT2D eigenvalue weighted by Crippen LogP contribution is -2.43. The first-order valence-electron chi connectivity index (χ1n) is 8.86. The molecule has 1 N–H and O–H groups in total. The fourth-order valence-electron chi connectivity index (χ4n) is 2.86. The molecule has 0 spiro atoms. The Balaban J connectivity index is 2.02. The van der Waals surface area contributed by atoms with Gasteiger partial charge in [0.2, 0.25) is 10.0 Å². The van der Waals surface area contributed by atoms with Gasteiger partial charge in [-0.05, 0) is 30.7 Å². The maximum Gasteiger partial charge on any atom is 0.241 e. The molecular formula is C22H19BrClNO3S. The third kappa shape index (κ3) is 5.14. The van der Waals surface area contributed by atoms with Crippen LogP contribution in [0.3, 0.4) is 0 Å². The van der Waals surface area contributed by atoms with Gasteiger partial charge in [0.1, 0.15) is 6.04 Å². The third-order valence-electron chi connectivity index (χ3n) is 4.45. The van der Waals surface area contributed by atoms with Crippen LogP contribution >= 0.6 is 27.5 Å². The smallest absolute Gasteiger partial charge is 0.241 e. The molecule has 0 radical (unpaired) electrons. The van der Waals surface area contributed by atoms with E-state index in [9.17, 15) is 13.2 Å². The standard InChI is InChI=1S/C22H19BrClNO3S/c1-15-11-13-17(14-12-15)29(27,28)25-21(22(26)16-7-3-2-4-8-16)20(23)18-9-5-6-10-19(18)24/h2-14,20-21,25H,1H3/t20-,21-/m0/s1. The molecule has 3 aromatic rings. The van der Waals surface area contributed by atoms with Crippen molar-refractivity contribution >= 4 is 43.3 Å². The summed E-state index contributed by atoms with van der Waals surface area (Å²) in [6.45, 7) is 1.87. The Morgan fingerprint density at radius 1 is 0.931 bits per heavy atom. The Hall–Kier alpha value is -1.99. The van der Waals surface area contributed by atoms with Crippen molar-refractivity contribution in [2.45, 2.75) is 22.7 Å². The van der Waals surface area contributed by atoms with Crippen LogP contribution in [-0.2, 0) is 10.0 Å². The predicted octanol–water partition coefficient (Wildman–Crippen LogP) is 5.31. The lowest BCUT2D eigenvalue weighted by atomic mass is 9.98. The third-order valence-corrected chi connectivity index (χ3v) is 7.27. The van der Waals surface area contributed by atoms with Gasteiger partial charge in [-0.25, -0.2) is 8.42 Å². The van der Waals surface area contributed by atoms with Crippen molar-refractivity contribution in [3.05, 3.63) is 101 Å². The maximum absolute atomic E-state index is 13.2. The van der Waals surface area contributed by atoms with Gasteiger partial charge < -0.3 is 0 Å². The molecule has 4 nitrogen and oxygen atoms in total. The summed E-state index contributed by atoms with van der Waals surface area (Å²) in [5, 5.41) is 0.440. The molecule has 0 aliphatic heterocycles. The van der Waals surface area contributed by atoms with Crippen LogP contribution in [0.5, 0.6) is 0 Å². The monoisotopic (exact) mass is 491 g/mol. The predicted molar refractivity (Wildman–Crippen MR) is 119 cm³/mol. The quantitative estimate of drug-likeness (QED) is 0.359. The summed E-state index contributed by atoms with van der Waals surface area (Å²) in [5.41, 5.74) is 1.96. The summed E-state index contributed by atoms with van der Waals surface area (Å²) < 4.78 is 28.6. The minimum atomic E-state index is -3.94. The van der Waals surface area contributed by atoms with Crippen molar-refractivity contribution in [1.29, 1.82) is 0 Å². The van der Waals surface area contributed by atoms with Crippen LogP contribution in [0, 0.1) is 6.92 Å². The van der Waals surface area contributed by atoms with Crippen LogP contribution < -0.4 is 4.72 Å². The van der Waals surface area contributed by atoms with Gasteiger partial charge in [0.25, 0.3) is 0 Å². The van der Waals surface area contributed by atoms with E-state index in [2.05, 4.69) is 20.7 Å². The highest BCUT2D eigenvalue weighted by Crippen LogP contribution is 2.34. The Morgan fingerprint density at radius 2 is 1.52 bits per heavy atom. The lowest BCUT2D eigenvalue weighted by molar-refractivity contribution is 0.0952. The Kier molecular flexibility index (Phi) is 6.90. The zero-order valence-electron chi connectivity index (χ0n) is 15.5. The number of carbonyl (C=O) groups excluding carboxylic acids is 1. The number of sulfonamides is 1. The van der Waals surface area contributed by atoms with E-state index in [-0.39, 0.29) is 10.7 Å². The zero-order valence-corrected chi connectivity index (χ0v) is 18.7. The van der Waals surface area contributed by atoms with Crippen LogP contribution in [0.1, 0.15) is 26.3 Å². The lowest BCUT2D eigenvalue weighted by Gasteiger charge is -2.24. The number of carbonyl (C=O) groups is 1. The Morgan fingerprint density at radius 3 is 2.14 bits per heavy atom. The average molecular weight is 493 g/mol. The maximum atomic E-state index is 13.2. The molecule has 0 fully saturated rings. The van der Waals surface area contributed by atoms with E-state index < -0.39 is 20.9 Å². The highest BCUT2D eigenvalue weighted by Gasteiger charge is 2.33. The van der Waals surface area contributed by atoms with E-state index in [0.717, 1.165) is 5.56 Å². The highest BCUT2D eigenvalue weighted by atomic mass is 79.9. The van der Waals surface area contributed by atoms with Crippen LogP contribution in [0.2, 0.25) is 5.02 Å². The largest absolute Gasteiger partial charge is 0.292 e. The topological polar surface area (TPSA) is 63.2 Å². The first-order chi connectivity index (χ1) is 13.8. The number of alkyl halides is 1. The molecule has 0 bridgehead atoms. The van der Waals surface area contributed by atoms with Crippen molar-refractivity contribution in [3.63, 3.8) is 0 Å². The van der Waals surface area contributed by atoms with Crippen molar-refractivity contribution in [1.82, 2.24) is 4.72 Å². The zero-order chi connectivity index (χ0) is 21.0. The first-order valence-corrected chi connectivity index (χ1v) is 11.6. The second kappa shape index (κ2) is 9.22. The van der Waals surface area contributed by atoms with Crippen molar-refractivity contribution < 1.29 is 13.2 Å². The van der Waals surface area contributed by atoms with E-state index >= 15 is 0 Å². The molecule has 0 amide bonds. The summed E-state index contributed by atoms with van der Waals surface area (Å²) in [6.07, 6.45) is 0. The van der Waals surface area contributed by atoms with E-state index in [0.29, 0.717) is 16.1 Å². The number of hydrogen-bond donors (Lipinski definition) is 1. The molecule has 29 heavy (non-hydrogen) atoms. The van der Waals surface area contributed by atoms with Gasteiger partial charge in [-0.2, -0.15) is 4.72 Å². The van der Waals surface area contributed by atoms with Crippen LogP contribution in [0.25, 0.3) is 0 Å². The Labute approximate surface area is 184 Å². The molecule has 0 unspecified atom stereocenters. The molecule has 0 saturated carbocycles. The molecular weight excluding hydrogens is 474 g/mol. The summed E-state index contributed by atoms with van der Waals surface area (Å²) in [6, 6.07) is 20.9. The molecule has 0 aliphatic rings. The minimum absolute atomic E-state index is 0.0906. The van der Waals surface area contributed by atoms with Crippen molar-refractivity contribution in [2.24, 2.45) is 0 Å². The molecule has 7 heteroatoms. The number of Topliss-reactive ketones (excluding diaryl/α,β-unsaturated/α-hetero) is 1. The highest BCUT2D eigenvalue weighted by molar-refractivity contribution is 9.09. The number of aryl methyl sites for hydroxylation is 1. The molecule has 0 heterocycles. The SMILES string of the molecule is Cc1ccc(S(=O)(=O)N[C@H](C(=O)c2ccccc2)[C@@H](Br)c2ccccc2Cl)cc1. The van der Waals surface area contributed by atoms with Gasteiger partial charge in [0.15, 0.2) is 5.78 Å². The van der Waals surface area contributed by atoms with Crippen molar-refractivity contribution in [2.75, 3.05) is 0 Å². The van der Waals surface area contributed by atoms with E-state index in [4.69, 9.17) is 11.6 Å². The second-order valence-corrected chi connectivity index (χ2v) is 9.67. The number of halogens is 2. The van der Waals surface area contributed by atoms with Gasteiger partial charge in [-0.15, -0.1) is 0 Å². The van der Waals surface area contributed by atoms with Gasteiger partial charge >= 0.3 is 0 Å². The van der Waals surface area contributed by atoms with E-state index in [1.54, 1.807) is 66.7 Å². The average Bonchev–Trinajstić information content (AvgIpc) is 2.72. The van der Waals surface area contributed by atoms with Gasteiger partial charge in [0.05, 0.1) is 9.72 Å². The van der Waals surface area contributed by atoms with Gasteiger partial charge in [0, 0.05) is 10.6 Å². The number of benzene rings is 3. The van der Waals surface area contributed by atoms with Crippen LogP contribution in [-0.4, -0.2) is 20.2 Å². The van der Waals surface area contributed by atoms with Gasteiger partial charge in [-0.1, -0.05) is 93.8 Å². The molecule has 2 atom stereocenters. The summed E-state index contributed by atoms with van der Waals surface area (Å²) in [7, 11) is -3.94. The van der Waals surface area contributed by atoms with E-state index in [1.165, 1.54) is 12.1 Å². The second-order valence-electron chi connectivity index (χ2n) is 6.57. The number of rotatable bonds is 7. The normalized spacial score (nSPS) is 13.6. The molecule has 3 aromatic carbocycles. The molecule has 3 rings (SSSR count). The summed E-state index contributed by atoms with van der Waals surface area (Å²) >= 11 is 9.81. The number of nitrogens with one attached hydrogen (secondary N) is 1. The molecule has 0 aliphatic carbocycles. The minimum Gasteiger partial charge on any atom is -0.292 e. The molecule has 0 aromatic heterocycles. The summed E-state index contributed by atoms with van der Waals surface area (Å²) in [4.78, 5) is 12.7. The molecule has 150 valence electrons. The van der Waals surface area contributed by atoms with E-state index in [1.807, 2.05) is 6.92 Å². The van der Waals surface area contributed by atoms with Crippen LogP contribution in [0.4, 0.5) is 0 Å². The number of ketones is 1. The number of hydrogen-bond acceptors (Lipinski definition) is 3. The van der Waals surface area contributed by atoms with Crippen molar-refractivity contribution in [3.8, 4) is 0 Å². The first kappa shape index (κ1) is 21.7. The van der Waals surface area contributed by atoms with Crippen LogP contribution in [0.15, 0.2) is 83.8 Å². The fraction of sp³-hybridized carbons (Fsp3) is 0.136. The van der Waals surface area contributed by atoms with Gasteiger partial charge in [-0.3, -0.25) is 4.79 Å². The summed E-state index contributed by atoms with van der Waals surface area (Å²) in [5.74, 6) is -0.358. The Bertz CT molecular complexity index is 1100. The molecule has 0 saturated heterocycles. The fourth-order valence-corrected chi connectivity index (χ4v) is 5.40.